The van der Waals surface area contributed by atoms with E-state index in [9.17, 15) is 67.5 Å². The van der Waals surface area contributed by atoms with E-state index in [1.54, 1.807) is 0 Å². The third-order valence-electron chi connectivity index (χ3n) is 6.88. The van der Waals surface area contributed by atoms with Crippen molar-refractivity contribution in [1.29, 1.82) is 0 Å². The highest BCUT2D eigenvalue weighted by molar-refractivity contribution is 7.89. The lowest BCUT2D eigenvalue weighted by atomic mass is 10.0. The Balaban J connectivity index is 1.84. The van der Waals surface area contributed by atoms with Gasteiger partial charge in [0.15, 0.2) is 0 Å². The van der Waals surface area contributed by atoms with Crippen LogP contribution in [0.5, 0.6) is 0 Å². The van der Waals surface area contributed by atoms with Crippen LogP contribution in [-0.2, 0) is 41.6 Å². The van der Waals surface area contributed by atoms with E-state index in [-0.39, 0.29) is 27.9 Å². The Bertz CT molecular complexity index is 1850. The highest BCUT2D eigenvalue weighted by Gasteiger charge is 2.40. The number of halogens is 12. The van der Waals surface area contributed by atoms with E-state index < -0.39 is 106 Å². The zero-order chi connectivity index (χ0) is 37.3. The van der Waals surface area contributed by atoms with Crippen molar-refractivity contribution >= 4 is 40.5 Å². The molecule has 0 aromatic heterocycles. The number of nitrogens with zero attached hydrogens (tertiary/aromatic N) is 2. The average Bonchev–Trinajstić information content (AvgIpc) is 3.05. The Morgan fingerprint density at radius 2 is 1.18 bits per heavy atom. The van der Waals surface area contributed by atoms with Gasteiger partial charge in [-0.05, 0) is 65.7 Å². The molecule has 4 rings (SSSR count). The Morgan fingerprint density at radius 3 is 1.64 bits per heavy atom. The van der Waals surface area contributed by atoms with Crippen LogP contribution in [0.2, 0.25) is 5.02 Å². The van der Waals surface area contributed by atoms with Crippen molar-refractivity contribution < 1.29 is 67.5 Å². The van der Waals surface area contributed by atoms with Crippen LogP contribution in [0, 0.1) is 29.1 Å². The molecule has 1 unspecified atom stereocenters. The molecule has 4 aromatic carbocycles. The molecular weight excluding hydrogens is 741 g/mol. The number of carbonyl (C=O) groups excluding carboxylic acids is 1. The summed E-state index contributed by atoms with van der Waals surface area (Å²) in [5.41, 5.74) is -4.78. The van der Waals surface area contributed by atoms with E-state index >= 15 is 0 Å². The van der Waals surface area contributed by atoms with Crippen molar-refractivity contribution in [2.45, 2.75) is 30.3 Å². The monoisotopic (exact) mass is 758 g/mol. The third kappa shape index (κ3) is 8.66. The molecule has 266 valence electrons. The fourth-order valence-electron chi connectivity index (χ4n) is 4.47. The summed E-state index contributed by atoms with van der Waals surface area (Å²) in [7, 11) is 0. The lowest BCUT2D eigenvalue weighted by molar-refractivity contribution is -0.143. The number of benzene rings is 4. The molecule has 1 N–H and O–H groups in total. The molecule has 0 spiro atoms. The average molecular weight is 759 g/mol. The highest BCUT2D eigenvalue weighted by atomic mass is 35.5. The molecule has 6 nitrogen and oxygen atoms in total. The Hall–Kier alpha value is -4.39. The van der Waals surface area contributed by atoms with Crippen molar-refractivity contribution in [3.63, 3.8) is 0 Å². The van der Waals surface area contributed by atoms with Gasteiger partial charge in [0.1, 0.15) is 6.54 Å². The first-order valence-electron chi connectivity index (χ1n) is 13.5. The number of hydrogen-bond acceptors (Lipinski definition) is 4. The maximum atomic E-state index is 14.7. The normalized spacial score (nSPS) is 12.7. The fourth-order valence-corrected chi connectivity index (χ4v) is 5.83. The van der Waals surface area contributed by atoms with Gasteiger partial charge in [-0.15, -0.1) is 4.31 Å². The number of carbonyl (C=O) groups is 2. The zero-order valence-electron chi connectivity index (χ0n) is 24.5. The SMILES string of the molecule is O=C(O)c1ccc(N(Cc2cc(C(F)(F)F)cc(C(F)(F)F)c2)C(=O)CN(Cc2ccc(Cl)cc2)[S+]([O-])c2c(F)c(F)c(F)c(F)c2F)cc1. The summed E-state index contributed by atoms with van der Waals surface area (Å²) in [6.45, 7) is -3.05. The minimum atomic E-state index is -5.28. The van der Waals surface area contributed by atoms with Crippen LogP contribution >= 0.6 is 11.6 Å². The minimum Gasteiger partial charge on any atom is -0.593 e. The standard InChI is InChI=1S/C31H18ClF11N2O4S/c32-20-5-1-15(2-6-20)12-44(50(49)28-26(36)24(34)23(33)25(35)27(28)37)14-22(46)45(21-7-3-17(4-8-21)29(47)48)13-16-9-18(30(38,39)40)11-19(10-16)31(41,42)43/h1-11H,12-14H2,(H,47,48). The van der Waals surface area contributed by atoms with Crippen molar-refractivity contribution in [2.75, 3.05) is 11.4 Å². The number of rotatable bonds is 10. The van der Waals surface area contributed by atoms with Crippen LogP contribution in [0.1, 0.15) is 32.6 Å². The summed E-state index contributed by atoms with van der Waals surface area (Å²) in [5, 5.41) is 9.41. The molecule has 1 atom stereocenters. The second kappa shape index (κ2) is 14.8. The molecule has 0 fully saturated rings. The van der Waals surface area contributed by atoms with Crippen LogP contribution in [0.3, 0.4) is 0 Å². The van der Waals surface area contributed by atoms with Gasteiger partial charge in [-0.2, -0.15) is 35.1 Å². The number of aromatic carboxylic acids is 1. The van der Waals surface area contributed by atoms with Gasteiger partial charge < -0.3 is 14.6 Å². The molecule has 0 bridgehead atoms. The first-order chi connectivity index (χ1) is 23.2. The van der Waals surface area contributed by atoms with Gasteiger partial charge in [0.2, 0.25) is 35.0 Å². The van der Waals surface area contributed by atoms with E-state index in [0.29, 0.717) is 21.3 Å². The first-order valence-corrected chi connectivity index (χ1v) is 15.0. The lowest BCUT2D eigenvalue weighted by Gasteiger charge is -2.29. The van der Waals surface area contributed by atoms with Crippen molar-refractivity contribution in [2.24, 2.45) is 0 Å². The van der Waals surface area contributed by atoms with Gasteiger partial charge in [-0.1, -0.05) is 23.7 Å². The van der Waals surface area contributed by atoms with Gasteiger partial charge in [-0.3, -0.25) is 4.79 Å². The number of hydrogen-bond donors (Lipinski definition) is 1. The molecule has 4 aromatic rings. The molecule has 19 heteroatoms. The van der Waals surface area contributed by atoms with Crippen LogP contribution in [0.25, 0.3) is 0 Å². The summed E-state index contributed by atoms with van der Waals surface area (Å²) in [6.07, 6.45) is -10.6. The van der Waals surface area contributed by atoms with Gasteiger partial charge >= 0.3 is 18.3 Å². The van der Waals surface area contributed by atoms with E-state index in [1.807, 2.05) is 0 Å². The number of amides is 1. The van der Waals surface area contributed by atoms with E-state index in [1.165, 1.54) is 24.3 Å². The predicted molar refractivity (Wildman–Crippen MR) is 156 cm³/mol. The second-order valence-corrected chi connectivity index (χ2v) is 12.2. The molecule has 0 saturated carbocycles. The topological polar surface area (TPSA) is 83.9 Å². The van der Waals surface area contributed by atoms with Crippen LogP contribution in [-0.4, -0.2) is 32.4 Å². The van der Waals surface area contributed by atoms with Gasteiger partial charge in [-0.25, -0.2) is 18.0 Å². The maximum Gasteiger partial charge on any atom is 0.416 e. The summed E-state index contributed by atoms with van der Waals surface area (Å²) in [5.74, 6) is -15.3. The van der Waals surface area contributed by atoms with Crippen LogP contribution in [0.4, 0.5) is 54.0 Å². The maximum absolute atomic E-state index is 14.7. The summed E-state index contributed by atoms with van der Waals surface area (Å²) < 4.78 is 167. The number of alkyl halides is 6. The number of carboxylic acid groups (broad SMARTS) is 1. The molecule has 50 heavy (non-hydrogen) atoms. The van der Waals surface area contributed by atoms with Gasteiger partial charge in [0.25, 0.3) is 4.90 Å². The van der Waals surface area contributed by atoms with Crippen LogP contribution < -0.4 is 4.90 Å². The highest BCUT2D eigenvalue weighted by Crippen LogP contribution is 2.37. The van der Waals surface area contributed by atoms with Crippen LogP contribution in [0.15, 0.2) is 71.6 Å². The Kier molecular flexibility index (Phi) is 11.4. The quantitative estimate of drug-likeness (QED) is 0.0759. The lowest BCUT2D eigenvalue weighted by Crippen LogP contribution is -2.43. The largest absolute Gasteiger partial charge is 0.593 e. The number of carboxylic acids is 1. The second-order valence-electron chi connectivity index (χ2n) is 10.3. The molecule has 0 heterocycles. The van der Waals surface area contributed by atoms with Crippen molar-refractivity contribution in [3.05, 3.63) is 129 Å². The van der Waals surface area contributed by atoms with Crippen molar-refractivity contribution in [3.8, 4) is 0 Å². The minimum absolute atomic E-state index is 0.115. The third-order valence-corrected chi connectivity index (χ3v) is 8.56. The molecule has 0 radical (unpaired) electrons. The molecule has 0 aliphatic heterocycles. The summed E-state index contributed by atoms with van der Waals surface area (Å²) >= 11 is 2.47. The summed E-state index contributed by atoms with van der Waals surface area (Å²) in [6, 6.07) is 9.37. The fraction of sp³-hybridized carbons (Fsp3) is 0.161. The predicted octanol–water partition coefficient (Wildman–Crippen LogP) is 8.53. The molecule has 0 aliphatic rings. The Labute approximate surface area is 282 Å². The first kappa shape index (κ1) is 38.4. The molecule has 0 saturated heterocycles. The van der Waals surface area contributed by atoms with Crippen molar-refractivity contribution in [1.82, 2.24) is 4.31 Å². The zero-order valence-corrected chi connectivity index (χ0v) is 26.1. The number of anilines is 1. The van der Waals surface area contributed by atoms with E-state index in [0.717, 1.165) is 24.3 Å². The molecular formula is C31H18ClF11N2O4S. The molecule has 1 amide bonds. The van der Waals surface area contributed by atoms with E-state index in [4.69, 9.17) is 11.6 Å². The van der Waals surface area contributed by atoms with E-state index in [2.05, 4.69) is 0 Å². The van der Waals surface area contributed by atoms with Gasteiger partial charge in [0.05, 0.1) is 41.1 Å². The van der Waals surface area contributed by atoms with Gasteiger partial charge in [0, 0.05) is 10.7 Å². The molecule has 0 aliphatic carbocycles. The summed E-state index contributed by atoms with van der Waals surface area (Å²) in [4.78, 5) is 23.9. The smallest absolute Gasteiger partial charge is 0.416 e. The Morgan fingerprint density at radius 1 is 0.700 bits per heavy atom.